The summed E-state index contributed by atoms with van der Waals surface area (Å²) in [6.07, 6.45) is 4.98. The quantitative estimate of drug-likeness (QED) is 0.800. The molecule has 1 aliphatic rings. The minimum Gasteiger partial charge on any atom is -0.444 e. The monoisotopic (exact) mass is 337 g/mol. The van der Waals surface area contributed by atoms with Crippen molar-refractivity contribution in [3.05, 3.63) is 23.4 Å². The van der Waals surface area contributed by atoms with Crippen LogP contribution in [0, 0.1) is 0 Å². The molecule has 0 aromatic carbocycles. The molecule has 1 aliphatic heterocycles. The number of ether oxygens (including phenoxy) is 1. The summed E-state index contributed by atoms with van der Waals surface area (Å²) >= 11 is 6.04. The van der Waals surface area contributed by atoms with Crippen molar-refractivity contribution in [1.82, 2.24) is 24.5 Å². The molecule has 3 rings (SSSR count). The van der Waals surface area contributed by atoms with Crippen molar-refractivity contribution in [3.63, 3.8) is 0 Å². The van der Waals surface area contributed by atoms with Crippen LogP contribution in [-0.2, 0) is 4.74 Å². The molecule has 3 heterocycles. The third-order valence-electron chi connectivity index (χ3n) is 3.75. The molecule has 0 radical (unpaired) electrons. The maximum Gasteiger partial charge on any atom is 0.410 e. The Morgan fingerprint density at radius 3 is 2.91 bits per heavy atom. The summed E-state index contributed by atoms with van der Waals surface area (Å²) in [5, 5.41) is 8.69. The molecule has 1 saturated heterocycles. The number of piperidine rings is 1. The molecule has 124 valence electrons. The van der Waals surface area contributed by atoms with Crippen molar-refractivity contribution in [2.75, 3.05) is 13.1 Å². The molecule has 8 heteroatoms. The molecule has 23 heavy (non-hydrogen) atoms. The van der Waals surface area contributed by atoms with E-state index in [1.54, 1.807) is 17.3 Å². The standard InChI is InChI=1S/C15H20ClN5O2/c1-15(2,3)23-14(22)20-7-4-5-10(9-20)12-18-19-13-11(16)17-6-8-21(12)13/h6,8,10H,4-5,7,9H2,1-3H3. The lowest BCUT2D eigenvalue weighted by atomic mass is 9.97. The molecule has 7 nitrogen and oxygen atoms in total. The van der Waals surface area contributed by atoms with Gasteiger partial charge in [-0.15, -0.1) is 10.2 Å². The fourth-order valence-electron chi connectivity index (χ4n) is 2.77. The van der Waals surface area contributed by atoms with E-state index in [4.69, 9.17) is 16.3 Å². The van der Waals surface area contributed by atoms with Gasteiger partial charge in [0.05, 0.1) is 0 Å². The maximum atomic E-state index is 12.3. The van der Waals surface area contributed by atoms with Crippen molar-refractivity contribution in [1.29, 1.82) is 0 Å². The molecule has 0 N–H and O–H groups in total. The Kier molecular flexibility index (Phi) is 4.14. The average molecular weight is 338 g/mol. The van der Waals surface area contributed by atoms with E-state index >= 15 is 0 Å². The Labute approximate surface area is 139 Å². The van der Waals surface area contributed by atoms with Gasteiger partial charge in [-0.3, -0.25) is 4.40 Å². The van der Waals surface area contributed by atoms with Gasteiger partial charge in [-0.2, -0.15) is 0 Å². The van der Waals surface area contributed by atoms with Crippen LogP contribution in [0.2, 0.25) is 5.15 Å². The number of aromatic nitrogens is 4. The summed E-state index contributed by atoms with van der Waals surface area (Å²) in [6.45, 7) is 6.87. The van der Waals surface area contributed by atoms with E-state index < -0.39 is 5.60 Å². The number of likely N-dealkylation sites (tertiary alicyclic amines) is 1. The minimum absolute atomic E-state index is 0.102. The molecule has 0 bridgehead atoms. The largest absolute Gasteiger partial charge is 0.444 e. The SMILES string of the molecule is CC(C)(C)OC(=O)N1CCCC(c2nnc3c(Cl)nccn23)C1. The topological polar surface area (TPSA) is 72.6 Å². The summed E-state index contributed by atoms with van der Waals surface area (Å²) in [5.41, 5.74) is 0.0451. The summed E-state index contributed by atoms with van der Waals surface area (Å²) < 4.78 is 7.31. The number of hydrogen-bond acceptors (Lipinski definition) is 5. The van der Waals surface area contributed by atoms with Crippen LogP contribution in [-0.4, -0.2) is 49.3 Å². The molecule has 2 aromatic heterocycles. The van der Waals surface area contributed by atoms with Gasteiger partial charge in [0.2, 0.25) is 0 Å². The Hall–Kier alpha value is -1.89. The van der Waals surface area contributed by atoms with E-state index in [1.165, 1.54) is 0 Å². The van der Waals surface area contributed by atoms with Gasteiger partial charge in [0, 0.05) is 31.4 Å². The highest BCUT2D eigenvalue weighted by atomic mass is 35.5. The van der Waals surface area contributed by atoms with Crippen LogP contribution in [0.5, 0.6) is 0 Å². The predicted molar refractivity (Wildman–Crippen MR) is 85.6 cm³/mol. The highest BCUT2D eigenvalue weighted by molar-refractivity contribution is 6.32. The molecule has 1 atom stereocenters. The van der Waals surface area contributed by atoms with Gasteiger partial charge in [-0.1, -0.05) is 11.6 Å². The second kappa shape index (κ2) is 5.96. The lowest BCUT2D eigenvalue weighted by Crippen LogP contribution is -2.42. The van der Waals surface area contributed by atoms with Crippen molar-refractivity contribution in [3.8, 4) is 0 Å². The van der Waals surface area contributed by atoms with Crippen LogP contribution in [0.1, 0.15) is 45.4 Å². The first kappa shape index (κ1) is 16.0. The van der Waals surface area contributed by atoms with Gasteiger partial charge in [0.1, 0.15) is 11.4 Å². The van der Waals surface area contributed by atoms with E-state index in [9.17, 15) is 4.79 Å². The first-order valence-corrected chi connectivity index (χ1v) is 8.06. The van der Waals surface area contributed by atoms with Crippen molar-refractivity contribution in [2.24, 2.45) is 0 Å². The molecule has 1 fully saturated rings. The van der Waals surface area contributed by atoms with Gasteiger partial charge in [0.15, 0.2) is 10.8 Å². The third kappa shape index (κ3) is 3.39. The number of carbonyl (C=O) groups excluding carboxylic acids is 1. The molecule has 0 saturated carbocycles. The van der Waals surface area contributed by atoms with E-state index in [2.05, 4.69) is 15.2 Å². The first-order valence-electron chi connectivity index (χ1n) is 7.68. The van der Waals surface area contributed by atoms with Crippen LogP contribution < -0.4 is 0 Å². The molecule has 0 aliphatic carbocycles. The highest BCUT2D eigenvalue weighted by Gasteiger charge is 2.30. The number of nitrogens with zero attached hydrogens (tertiary/aromatic N) is 5. The zero-order valence-electron chi connectivity index (χ0n) is 13.5. The van der Waals surface area contributed by atoms with Crippen LogP contribution in [0.25, 0.3) is 5.65 Å². The highest BCUT2D eigenvalue weighted by Crippen LogP contribution is 2.28. The second-order valence-corrected chi connectivity index (χ2v) is 7.09. The maximum absolute atomic E-state index is 12.3. The lowest BCUT2D eigenvalue weighted by molar-refractivity contribution is 0.0195. The number of rotatable bonds is 1. The van der Waals surface area contributed by atoms with Gasteiger partial charge < -0.3 is 9.64 Å². The van der Waals surface area contributed by atoms with Crippen molar-refractivity contribution < 1.29 is 9.53 Å². The van der Waals surface area contributed by atoms with E-state index in [1.807, 2.05) is 25.2 Å². The number of carbonyl (C=O) groups is 1. The number of halogens is 1. The van der Waals surface area contributed by atoms with Gasteiger partial charge >= 0.3 is 6.09 Å². The van der Waals surface area contributed by atoms with Crippen LogP contribution >= 0.6 is 11.6 Å². The third-order valence-corrected chi connectivity index (χ3v) is 4.02. The smallest absolute Gasteiger partial charge is 0.410 e. The zero-order valence-corrected chi connectivity index (χ0v) is 14.2. The number of hydrogen-bond donors (Lipinski definition) is 0. The fraction of sp³-hybridized carbons (Fsp3) is 0.600. The first-order chi connectivity index (χ1) is 10.8. The Morgan fingerprint density at radius 1 is 1.39 bits per heavy atom. The van der Waals surface area contributed by atoms with Gasteiger partial charge in [0.25, 0.3) is 0 Å². The fourth-order valence-corrected chi connectivity index (χ4v) is 2.96. The molecular weight excluding hydrogens is 318 g/mol. The Balaban J connectivity index is 1.80. The Morgan fingerprint density at radius 2 is 2.17 bits per heavy atom. The minimum atomic E-state index is -0.495. The van der Waals surface area contributed by atoms with E-state index in [0.717, 1.165) is 18.7 Å². The van der Waals surface area contributed by atoms with Crippen LogP contribution in [0.4, 0.5) is 4.79 Å². The summed E-state index contributed by atoms with van der Waals surface area (Å²) in [5.74, 6) is 0.905. The molecule has 0 spiro atoms. The number of fused-ring (bicyclic) bond motifs is 1. The van der Waals surface area contributed by atoms with Crippen molar-refractivity contribution >= 4 is 23.3 Å². The van der Waals surface area contributed by atoms with Crippen LogP contribution in [0.3, 0.4) is 0 Å². The van der Waals surface area contributed by atoms with Gasteiger partial charge in [-0.25, -0.2) is 9.78 Å². The van der Waals surface area contributed by atoms with Gasteiger partial charge in [-0.05, 0) is 33.6 Å². The molecule has 1 unspecified atom stereocenters. The van der Waals surface area contributed by atoms with Crippen LogP contribution in [0.15, 0.2) is 12.4 Å². The average Bonchev–Trinajstić information content (AvgIpc) is 2.91. The summed E-state index contributed by atoms with van der Waals surface area (Å²) in [7, 11) is 0. The Bertz CT molecular complexity index is 724. The van der Waals surface area contributed by atoms with E-state index in [-0.39, 0.29) is 12.0 Å². The normalized spacial score (nSPS) is 19.1. The molecular formula is C15H20ClN5O2. The summed E-state index contributed by atoms with van der Waals surface area (Å²) in [4.78, 5) is 18.0. The molecule has 2 aromatic rings. The second-order valence-electron chi connectivity index (χ2n) is 6.74. The zero-order chi connectivity index (χ0) is 16.6. The number of amides is 1. The summed E-state index contributed by atoms with van der Waals surface area (Å²) in [6, 6.07) is 0. The van der Waals surface area contributed by atoms with E-state index in [0.29, 0.717) is 23.9 Å². The lowest BCUT2D eigenvalue weighted by Gasteiger charge is -2.33. The predicted octanol–water partition coefficient (Wildman–Crippen LogP) is 2.89. The molecule has 1 amide bonds. The van der Waals surface area contributed by atoms with Crippen molar-refractivity contribution in [2.45, 2.75) is 45.1 Å².